The molecule has 1 atom stereocenters. The summed E-state index contributed by atoms with van der Waals surface area (Å²) in [5, 5.41) is 8.04. The first kappa shape index (κ1) is 19.7. The molecule has 2 heterocycles. The molecule has 0 aliphatic carbocycles. The van der Waals surface area contributed by atoms with Crippen LogP contribution < -0.4 is 14.4 Å². The van der Waals surface area contributed by atoms with Crippen LogP contribution in [0.25, 0.3) is 0 Å². The van der Waals surface area contributed by atoms with E-state index in [1.807, 2.05) is 19.0 Å². The van der Waals surface area contributed by atoms with Gasteiger partial charge in [-0.25, -0.2) is 0 Å². The maximum Gasteiger partial charge on any atom is 0.573 e. The number of hydrogen-bond acceptors (Lipinski definition) is 6. The minimum atomic E-state index is -4.77. The fourth-order valence-corrected chi connectivity index (χ4v) is 2.78. The molecule has 0 saturated carbocycles. The highest BCUT2D eigenvalue weighted by molar-refractivity contribution is 5.94. The van der Waals surface area contributed by atoms with Gasteiger partial charge in [-0.3, -0.25) is 4.79 Å². The number of anilines is 1. The lowest BCUT2D eigenvalue weighted by Gasteiger charge is -2.17. The Balaban J connectivity index is 1.56. The predicted octanol–water partition coefficient (Wildman–Crippen LogP) is 2.73. The molecule has 0 spiro atoms. The van der Waals surface area contributed by atoms with Gasteiger partial charge in [0, 0.05) is 38.7 Å². The van der Waals surface area contributed by atoms with E-state index in [2.05, 4.69) is 14.9 Å². The van der Waals surface area contributed by atoms with Crippen molar-refractivity contribution in [3.05, 3.63) is 42.0 Å². The quantitative estimate of drug-likeness (QED) is 0.774. The molecule has 1 aliphatic rings. The fourth-order valence-electron chi connectivity index (χ4n) is 2.78. The Hall–Kier alpha value is -3.04. The normalized spacial score (nSPS) is 16.8. The molecule has 0 N–H and O–H groups in total. The van der Waals surface area contributed by atoms with E-state index >= 15 is 0 Å². The van der Waals surface area contributed by atoms with Crippen molar-refractivity contribution in [1.29, 1.82) is 0 Å². The van der Waals surface area contributed by atoms with Gasteiger partial charge in [0.1, 0.15) is 11.9 Å². The van der Waals surface area contributed by atoms with Gasteiger partial charge in [-0.05, 0) is 30.3 Å². The number of amides is 1. The van der Waals surface area contributed by atoms with E-state index < -0.39 is 6.36 Å². The van der Waals surface area contributed by atoms with Gasteiger partial charge >= 0.3 is 6.36 Å². The van der Waals surface area contributed by atoms with Crippen LogP contribution in [0.2, 0.25) is 0 Å². The van der Waals surface area contributed by atoms with E-state index in [1.54, 1.807) is 17.0 Å². The smallest absolute Gasteiger partial charge is 0.471 e. The number of halogens is 3. The molecule has 1 aliphatic heterocycles. The first-order chi connectivity index (χ1) is 13.2. The zero-order valence-electron chi connectivity index (χ0n) is 15.3. The molecule has 1 aromatic carbocycles. The molecular weight excluding hydrogens is 377 g/mol. The lowest BCUT2D eigenvalue weighted by Crippen LogP contribution is -2.31. The van der Waals surface area contributed by atoms with Crippen LogP contribution in [-0.2, 0) is 0 Å². The van der Waals surface area contributed by atoms with Crippen LogP contribution in [0, 0.1) is 0 Å². The molecule has 7 nitrogen and oxygen atoms in total. The van der Waals surface area contributed by atoms with Crippen LogP contribution in [0.3, 0.4) is 0 Å². The molecule has 10 heteroatoms. The van der Waals surface area contributed by atoms with Gasteiger partial charge < -0.3 is 19.3 Å². The molecule has 0 bridgehead atoms. The lowest BCUT2D eigenvalue weighted by molar-refractivity contribution is -0.274. The van der Waals surface area contributed by atoms with Gasteiger partial charge in [-0.2, -0.15) is 0 Å². The highest BCUT2D eigenvalue weighted by atomic mass is 19.4. The molecule has 1 aromatic heterocycles. The number of nitrogens with zero attached hydrogens (tertiary/aromatic N) is 4. The van der Waals surface area contributed by atoms with E-state index in [0.717, 1.165) is 12.1 Å². The Bertz CT molecular complexity index is 810. The Morgan fingerprint density at radius 3 is 2.43 bits per heavy atom. The maximum atomic E-state index is 12.5. The van der Waals surface area contributed by atoms with Crippen molar-refractivity contribution >= 4 is 11.7 Å². The predicted molar refractivity (Wildman–Crippen MR) is 94.4 cm³/mol. The summed E-state index contributed by atoms with van der Waals surface area (Å²) in [5.41, 5.74) is 0.283. The SMILES string of the molecule is CN(C)c1ccc(OC2CCN(C(=O)c3ccc(OC(F)(F)F)cc3)C2)nn1. The van der Waals surface area contributed by atoms with Crippen LogP contribution in [0.5, 0.6) is 11.6 Å². The van der Waals surface area contributed by atoms with Crippen LogP contribution >= 0.6 is 0 Å². The molecule has 0 radical (unpaired) electrons. The summed E-state index contributed by atoms with van der Waals surface area (Å²) in [6.07, 6.45) is -4.37. The van der Waals surface area contributed by atoms with Crippen LogP contribution in [0.1, 0.15) is 16.8 Å². The summed E-state index contributed by atoms with van der Waals surface area (Å²) in [6, 6.07) is 8.35. The second-order valence-electron chi connectivity index (χ2n) is 6.48. The van der Waals surface area contributed by atoms with Crippen LogP contribution in [0.15, 0.2) is 36.4 Å². The number of carbonyl (C=O) groups is 1. The average Bonchev–Trinajstić information content (AvgIpc) is 3.09. The zero-order valence-corrected chi connectivity index (χ0v) is 15.3. The summed E-state index contributed by atoms with van der Waals surface area (Å²) in [7, 11) is 3.71. The van der Waals surface area contributed by atoms with E-state index in [9.17, 15) is 18.0 Å². The minimum Gasteiger partial charge on any atom is -0.471 e. The highest BCUT2D eigenvalue weighted by Gasteiger charge is 2.32. The number of hydrogen-bond donors (Lipinski definition) is 0. The second-order valence-corrected chi connectivity index (χ2v) is 6.48. The second kappa shape index (κ2) is 7.91. The maximum absolute atomic E-state index is 12.5. The third kappa shape index (κ3) is 5.02. The number of carbonyl (C=O) groups excluding carboxylic acids is 1. The molecule has 28 heavy (non-hydrogen) atoms. The lowest BCUT2D eigenvalue weighted by atomic mass is 10.2. The Morgan fingerprint density at radius 1 is 1.14 bits per heavy atom. The van der Waals surface area contributed by atoms with Crippen molar-refractivity contribution < 1.29 is 27.4 Å². The van der Waals surface area contributed by atoms with Crippen molar-refractivity contribution in [2.45, 2.75) is 18.9 Å². The Morgan fingerprint density at radius 2 is 1.86 bits per heavy atom. The Kier molecular flexibility index (Phi) is 5.57. The standard InChI is InChI=1S/C18H19F3N4O3/c1-24(2)15-7-8-16(23-22-15)27-14-9-10-25(11-14)17(26)12-3-5-13(6-4-12)28-18(19,20)21/h3-8,14H,9-11H2,1-2H3. The van der Waals surface area contributed by atoms with E-state index in [4.69, 9.17) is 4.74 Å². The number of aromatic nitrogens is 2. The summed E-state index contributed by atoms with van der Waals surface area (Å²) in [4.78, 5) is 15.9. The number of rotatable bonds is 5. The van der Waals surface area contributed by atoms with Gasteiger partial charge in [-0.1, -0.05) is 0 Å². The topological polar surface area (TPSA) is 67.8 Å². The van der Waals surface area contributed by atoms with Gasteiger partial charge in [0.15, 0.2) is 5.82 Å². The van der Waals surface area contributed by atoms with Crippen LogP contribution in [0.4, 0.5) is 19.0 Å². The molecular formula is C18H19F3N4O3. The van der Waals surface area contributed by atoms with Gasteiger partial charge in [0.2, 0.25) is 5.88 Å². The summed E-state index contributed by atoms with van der Waals surface area (Å²) in [5.74, 6) is 0.428. The average molecular weight is 396 g/mol. The largest absolute Gasteiger partial charge is 0.573 e. The van der Waals surface area contributed by atoms with Crippen molar-refractivity contribution in [2.24, 2.45) is 0 Å². The van der Waals surface area contributed by atoms with Crippen molar-refractivity contribution in [1.82, 2.24) is 15.1 Å². The monoisotopic (exact) mass is 396 g/mol. The molecule has 1 saturated heterocycles. The first-order valence-electron chi connectivity index (χ1n) is 8.54. The van der Waals surface area contributed by atoms with E-state index in [1.165, 1.54) is 12.1 Å². The number of alkyl halides is 3. The zero-order chi connectivity index (χ0) is 20.3. The third-order valence-corrected chi connectivity index (χ3v) is 4.14. The van der Waals surface area contributed by atoms with Crippen LogP contribution in [-0.4, -0.2) is 60.7 Å². The Labute approximate surface area is 159 Å². The van der Waals surface area contributed by atoms with Gasteiger partial charge in [0.25, 0.3) is 5.91 Å². The molecule has 2 aromatic rings. The number of benzene rings is 1. The molecule has 1 fully saturated rings. The summed E-state index contributed by atoms with van der Waals surface area (Å²) >= 11 is 0. The number of ether oxygens (including phenoxy) is 2. The van der Waals surface area contributed by atoms with Gasteiger partial charge in [-0.15, -0.1) is 23.4 Å². The van der Waals surface area contributed by atoms with E-state index in [0.29, 0.717) is 31.2 Å². The molecule has 1 unspecified atom stereocenters. The summed E-state index contributed by atoms with van der Waals surface area (Å²) in [6.45, 7) is 0.838. The highest BCUT2D eigenvalue weighted by Crippen LogP contribution is 2.24. The fraction of sp³-hybridized carbons (Fsp3) is 0.389. The van der Waals surface area contributed by atoms with E-state index in [-0.39, 0.29) is 23.3 Å². The minimum absolute atomic E-state index is 0.226. The summed E-state index contributed by atoms with van der Waals surface area (Å²) < 4.78 is 46.2. The molecule has 1 amide bonds. The first-order valence-corrected chi connectivity index (χ1v) is 8.54. The third-order valence-electron chi connectivity index (χ3n) is 4.14. The van der Waals surface area contributed by atoms with Gasteiger partial charge in [0.05, 0.1) is 6.54 Å². The van der Waals surface area contributed by atoms with Crippen molar-refractivity contribution in [2.75, 3.05) is 32.1 Å². The molecule has 3 rings (SSSR count). The molecule has 150 valence electrons. The van der Waals surface area contributed by atoms with Crippen molar-refractivity contribution in [3.63, 3.8) is 0 Å². The van der Waals surface area contributed by atoms with Crippen molar-refractivity contribution in [3.8, 4) is 11.6 Å². The number of likely N-dealkylation sites (tertiary alicyclic amines) is 1.